The maximum absolute atomic E-state index is 6.34. The highest BCUT2D eigenvalue weighted by Crippen LogP contribution is 2.37. The molecule has 2 aliphatic rings. The molecule has 2 aromatic heterocycles. The van der Waals surface area contributed by atoms with Gasteiger partial charge in [-0.05, 0) is 67.9 Å². The molecule has 1 aromatic carbocycles. The maximum Gasteiger partial charge on any atom is 0.213 e. The van der Waals surface area contributed by atoms with Crippen LogP contribution in [0.4, 0.5) is 0 Å². The van der Waals surface area contributed by atoms with Gasteiger partial charge in [-0.2, -0.15) is 0 Å². The predicted octanol–water partition coefficient (Wildman–Crippen LogP) is 4.78. The van der Waals surface area contributed by atoms with Crippen molar-refractivity contribution in [1.82, 2.24) is 19.7 Å². The molecular formula is C24H27ClN4O2. The third-order valence-corrected chi connectivity index (χ3v) is 6.62. The molecule has 6 nitrogen and oxygen atoms in total. The van der Waals surface area contributed by atoms with E-state index in [4.69, 9.17) is 21.1 Å². The maximum atomic E-state index is 6.34. The van der Waals surface area contributed by atoms with Crippen molar-refractivity contribution < 1.29 is 9.47 Å². The first-order chi connectivity index (χ1) is 15.2. The Labute approximate surface area is 187 Å². The minimum Gasteiger partial charge on any atom is -0.474 e. The van der Waals surface area contributed by atoms with E-state index < -0.39 is 0 Å². The number of aromatic nitrogens is 4. The molecule has 1 atom stereocenters. The van der Waals surface area contributed by atoms with Gasteiger partial charge in [-0.3, -0.25) is 4.57 Å². The molecule has 3 heterocycles. The van der Waals surface area contributed by atoms with Gasteiger partial charge in [-0.25, -0.2) is 4.98 Å². The largest absolute Gasteiger partial charge is 0.474 e. The van der Waals surface area contributed by atoms with Crippen LogP contribution in [0.25, 0.3) is 5.69 Å². The van der Waals surface area contributed by atoms with E-state index in [9.17, 15) is 0 Å². The van der Waals surface area contributed by atoms with Crippen molar-refractivity contribution in [3.8, 4) is 11.6 Å². The Balaban J connectivity index is 1.39. The van der Waals surface area contributed by atoms with Gasteiger partial charge in [0.15, 0.2) is 0 Å². The van der Waals surface area contributed by atoms with E-state index in [0.717, 1.165) is 60.9 Å². The second kappa shape index (κ2) is 8.97. The SMILES string of the molecule is COCC1Cc2cc(Cl)ccc2-n2c(nnc2C2CCC(Oc3ccccn3)CC2)C1. The molecule has 3 aromatic rings. The first kappa shape index (κ1) is 20.5. The van der Waals surface area contributed by atoms with Gasteiger partial charge in [0.25, 0.3) is 0 Å². The van der Waals surface area contributed by atoms with Crippen LogP contribution in [0.5, 0.6) is 5.88 Å². The number of fused-ring (bicyclic) bond motifs is 3. The van der Waals surface area contributed by atoms with Crippen molar-refractivity contribution in [2.45, 2.75) is 50.5 Å². The number of benzene rings is 1. The van der Waals surface area contributed by atoms with Gasteiger partial charge in [-0.1, -0.05) is 17.7 Å². The molecule has 5 rings (SSSR count). The highest BCUT2D eigenvalue weighted by atomic mass is 35.5. The van der Waals surface area contributed by atoms with E-state index in [-0.39, 0.29) is 6.10 Å². The van der Waals surface area contributed by atoms with E-state index in [1.165, 1.54) is 5.56 Å². The first-order valence-corrected chi connectivity index (χ1v) is 11.4. The highest BCUT2D eigenvalue weighted by Gasteiger charge is 2.31. The van der Waals surface area contributed by atoms with Crippen LogP contribution in [0, 0.1) is 5.92 Å². The Morgan fingerprint density at radius 1 is 1.06 bits per heavy atom. The van der Waals surface area contributed by atoms with Gasteiger partial charge < -0.3 is 9.47 Å². The molecule has 1 aliphatic carbocycles. The molecule has 7 heteroatoms. The van der Waals surface area contributed by atoms with Gasteiger partial charge in [0, 0.05) is 43.3 Å². The van der Waals surface area contributed by atoms with Crippen LogP contribution in [-0.4, -0.2) is 39.6 Å². The molecule has 162 valence electrons. The Hall–Kier alpha value is -2.44. The zero-order valence-corrected chi connectivity index (χ0v) is 18.5. The molecule has 0 N–H and O–H groups in total. The van der Waals surface area contributed by atoms with E-state index >= 15 is 0 Å². The van der Waals surface area contributed by atoms with Gasteiger partial charge in [0.05, 0.1) is 5.69 Å². The lowest BCUT2D eigenvalue weighted by Gasteiger charge is -2.28. The van der Waals surface area contributed by atoms with Crippen molar-refractivity contribution in [1.29, 1.82) is 0 Å². The van der Waals surface area contributed by atoms with Crippen LogP contribution in [0.15, 0.2) is 42.6 Å². The molecular weight excluding hydrogens is 412 g/mol. The summed E-state index contributed by atoms with van der Waals surface area (Å²) in [5, 5.41) is 10.1. The number of methoxy groups -OCH3 is 1. The summed E-state index contributed by atoms with van der Waals surface area (Å²) in [6, 6.07) is 11.9. The zero-order chi connectivity index (χ0) is 21.2. The molecule has 1 aliphatic heterocycles. The minimum absolute atomic E-state index is 0.204. The van der Waals surface area contributed by atoms with Crippen LogP contribution in [0.2, 0.25) is 5.02 Å². The molecule has 0 amide bonds. The molecule has 0 saturated heterocycles. The quantitative estimate of drug-likeness (QED) is 0.573. The number of nitrogens with zero attached hydrogens (tertiary/aromatic N) is 4. The zero-order valence-electron chi connectivity index (χ0n) is 17.7. The molecule has 1 saturated carbocycles. The lowest BCUT2D eigenvalue weighted by Crippen LogP contribution is -2.25. The second-order valence-electron chi connectivity index (χ2n) is 8.57. The average Bonchev–Trinajstić information content (AvgIpc) is 3.12. The van der Waals surface area contributed by atoms with Crippen LogP contribution >= 0.6 is 11.6 Å². The molecule has 0 radical (unpaired) electrons. The van der Waals surface area contributed by atoms with Crippen molar-refractivity contribution in [3.05, 3.63) is 64.8 Å². The fourth-order valence-corrected chi connectivity index (χ4v) is 5.14. The highest BCUT2D eigenvalue weighted by molar-refractivity contribution is 6.30. The molecule has 0 spiro atoms. The molecule has 1 unspecified atom stereocenters. The number of rotatable bonds is 5. The monoisotopic (exact) mass is 438 g/mol. The number of hydrogen-bond acceptors (Lipinski definition) is 5. The summed E-state index contributed by atoms with van der Waals surface area (Å²) >= 11 is 6.34. The van der Waals surface area contributed by atoms with E-state index in [1.54, 1.807) is 13.3 Å². The van der Waals surface area contributed by atoms with Gasteiger partial charge >= 0.3 is 0 Å². The van der Waals surface area contributed by atoms with E-state index in [1.807, 2.05) is 24.3 Å². The normalized spacial score (nSPS) is 23.0. The number of hydrogen-bond donors (Lipinski definition) is 0. The summed E-state index contributed by atoms with van der Waals surface area (Å²) in [6.45, 7) is 0.699. The summed E-state index contributed by atoms with van der Waals surface area (Å²) in [7, 11) is 1.76. The summed E-state index contributed by atoms with van der Waals surface area (Å²) in [5.74, 6) is 3.52. The lowest BCUT2D eigenvalue weighted by molar-refractivity contribution is 0.139. The fraction of sp³-hybridized carbons (Fsp3) is 0.458. The van der Waals surface area contributed by atoms with Crippen molar-refractivity contribution in [2.24, 2.45) is 5.92 Å². The van der Waals surface area contributed by atoms with Crippen LogP contribution in [0.3, 0.4) is 0 Å². The minimum atomic E-state index is 0.204. The fourth-order valence-electron chi connectivity index (χ4n) is 4.95. The van der Waals surface area contributed by atoms with Gasteiger partial charge in [0.1, 0.15) is 17.8 Å². The Morgan fingerprint density at radius 2 is 1.94 bits per heavy atom. The van der Waals surface area contributed by atoms with Gasteiger partial charge in [-0.15, -0.1) is 10.2 Å². The standard InChI is InChI=1S/C24H27ClN4O2/c1-30-15-16-12-18-14-19(25)7-10-21(18)29-22(13-16)27-28-24(29)17-5-8-20(9-6-17)31-23-4-2-3-11-26-23/h2-4,7,10-11,14,16-17,20H,5-6,8-9,12-13,15H2,1H3. The van der Waals surface area contributed by atoms with E-state index in [2.05, 4.69) is 31.9 Å². The molecule has 31 heavy (non-hydrogen) atoms. The Bertz CT molecular complexity index is 1030. The summed E-state index contributed by atoms with van der Waals surface area (Å²) in [5.41, 5.74) is 2.39. The van der Waals surface area contributed by atoms with Crippen LogP contribution in [-0.2, 0) is 17.6 Å². The van der Waals surface area contributed by atoms with Crippen LogP contribution in [0.1, 0.15) is 48.8 Å². The average molecular weight is 439 g/mol. The van der Waals surface area contributed by atoms with Crippen LogP contribution < -0.4 is 4.74 Å². The smallest absolute Gasteiger partial charge is 0.213 e. The van der Waals surface area contributed by atoms with Crippen molar-refractivity contribution in [2.75, 3.05) is 13.7 Å². The Kier molecular flexibility index (Phi) is 5.92. The predicted molar refractivity (Wildman–Crippen MR) is 119 cm³/mol. The number of halogens is 1. The van der Waals surface area contributed by atoms with E-state index in [0.29, 0.717) is 24.3 Å². The van der Waals surface area contributed by atoms with Crippen molar-refractivity contribution >= 4 is 11.6 Å². The van der Waals surface area contributed by atoms with Crippen molar-refractivity contribution in [3.63, 3.8) is 0 Å². The Morgan fingerprint density at radius 3 is 2.71 bits per heavy atom. The third-order valence-electron chi connectivity index (χ3n) is 6.38. The number of pyridine rings is 1. The summed E-state index contributed by atoms with van der Waals surface area (Å²) in [4.78, 5) is 4.29. The summed E-state index contributed by atoms with van der Waals surface area (Å²) in [6.07, 6.45) is 7.79. The second-order valence-corrected chi connectivity index (χ2v) is 9.01. The molecule has 0 bridgehead atoms. The van der Waals surface area contributed by atoms with Gasteiger partial charge in [0.2, 0.25) is 5.88 Å². The third kappa shape index (κ3) is 4.32. The number of ether oxygens (including phenoxy) is 2. The first-order valence-electron chi connectivity index (χ1n) is 11.0. The topological polar surface area (TPSA) is 62.1 Å². The lowest BCUT2D eigenvalue weighted by atomic mass is 9.86. The summed E-state index contributed by atoms with van der Waals surface area (Å²) < 4.78 is 13.8. The molecule has 1 fully saturated rings.